The van der Waals surface area contributed by atoms with Gasteiger partial charge in [0.25, 0.3) is 0 Å². The monoisotopic (exact) mass is 254 g/mol. The molecule has 1 nitrogen and oxygen atoms in total. The van der Waals surface area contributed by atoms with E-state index < -0.39 is 0 Å². The van der Waals surface area contributed by atoms with Crippen LogP contribution in [0.4, 0.5) is 0 Å². The predicted octanol–water partition coefficient (Wildman–Crippen LogP) is 4.16. The van der Waals surface area contributed by atoms with Crippen LogP contribution in [0, 0.1) is 0 Å². The lowest BCUT2D eigenvalue weighted by molar-refractivity contribution is -0.107. The lowest BCUT2D eigenvalue weighted by atomic mass is 10.2. The predicted molar refractivity (Wildman–Crippen MR) is 78.2 cm³/mol. The maximum atomic E-state index is 11.7. The number of hydrogen-bond acceptors (Lipinski definition) is 2. The van der Waals surface area contributed by atoms with E-state index in [1.54, 1.807) is 6.08 Å². The molecule has 0 radical (unpaired) electrons. The van der Waals surface area contributed by atoms with Gasteiger partial charge in [0.05, 0.1) is 0 Å². The summed E-state index contributed by atoms with van der Waals surface area (Å²) >= 11 is 1.32. The molecule has 0 aliphatic heterocycles. The molecule has 90 valence electrons. The van der Waals surface area contributed by atoms with Gasteiger partial charge in [-0.25, -0.2) is 0 Å². The second kappa shape index (κ2) is 6.82. The number of carbonyl (C=O) groups excluding carboxylic acids is 1. The minimum Gasteiger partial charge on any atom is -0.282 e. The Kier molecular flexibility index (Phi) is 4.79. The van der Waals surface area contributed by atoms with E-state index in [2.05, 4.69) is 0 Å². The molecule has 0 amide bonds. The Balaban J connectivity index is 1.84. The lowest BCUT2D eigenvalue weighted by Gasteiger charge is -1.97. The third kappa shape index (κ3) is 4.22. The molecule has 2 aromatic rings. The minimum absolute atomic E-state index is 0.0858. The topological polar surface area (TPSA) is 17.1 Å². The molecule has 2 rings (SSSR count). The number of carbonyl (C=O) groups is 1. The molecular formula is C16H14OS. The van der Waals surface area contributed by atoms with Crippen LogP contribution in [0.2, 0.25) is 0 Å². The van der Waals surface area contributed by atoms with Crippen molar-refractivity contribution in [1.29, 1.82) is 0 Å². The standard InChI is InChI=1S/C16H14OS/c17-16(12-11-14-7-3-1-4-8-14)18-13-15-9-5-2-6-10-15/h1-12H,13H2. The van der Waals surface area contributed by atoms with Crippen molar-refractivity contribution in [3.05, 3.63) is 77.9 Å². The van der Waals surface area contributed by atoms with Crippen molar-refractivity contribution in [3.63, 3.8) is 0 Å². The summed E-state index contributed by atoms with van der Waals surface area (Å²) in [5, 5.41) is 0.0858. The molecule has 0 bridgehead atoms. The molecule has 0 aliphatic carbocycles. The van der Waals surface area contributed by atoms with Crippen LogP contribution in [0.15, 0.2) is 66.7 Å². The Morgan fingerprint density at radius 3 is 2.22 bits per heavy atom. The normalized spacial score (nSPS) is 10.7. The Labute approximate surface area is 112 Å². The Morgan fingerprint density at radius 2 is 1.56 bits per heavy atom. The highest BCUT2D eigenvalue weighted by Crippen LogP contribution is 2.14. The van der Waals surface area contributed by atoms with E-state index in [-0.39, 0.29) is 5.12 Å². The third-order valence-corrected chi connectivity index (χ3v) is 3.33. The zero-order valence-electron chi connectivity index (χ0n) is 9.95. The van der Waals surface area contributed by atoms with Gasteiger partial charge in [-0.05, 0) is 17.2 Å². The maximum Gasteiger partial charge on any atom is 0.212 e. The fourth-order valence-electron chi connectivity index (χ4n) is 1.51. The summed E-state index contributed by atoms with van der Waals surface area (Å²) in [6.07, 6.45) is 3.48. The van der Waals surface area contributed by atoms with E-state index in [4.69, 9.17) is 0 Å². The van der Waals surface area contributed by atoms with Crippen molar-refractivity contribution >= 4 is 23.0 Å². The van der Waals surface area contributed by atoms with Crippen molar-refractivity contribution in [1.82, 2.24) is 0 Å². The zero-order valence-corrected chi connectivity index (χ0v) is 10.8. The van der Waals surface area contributed by atoms with Crippen LogP contribution in [0.3, 0.4) is 0 Å². The van der Waals surface area contributed by atoms with Crippen molar-refractivity contribution in [2.75, 3.05) is 0 Å². The van der Waals surface area contributed by atoms with Gasteiger partial charge in [-0.2, -0.15) is 0 Å². The van der Waals surface area contributed by atoms with E-state index in [9.17, 15) is 4.79 Å². The first-order valence-electron chi connectivity index (χ1n) is 5.78. The summed E-state index contributed by atoms with van der Waals surface area (Å²) in [5.41, 5.74) is 2.22. The summed E-state index contributed by atoms with van der Waals surface area (Å²) in [5.74, 6) is 0.721. The fraction of sp³-hybridized carbons (Fsp3) is 0.0625. The highest BCUT2D eigenvalue weighted by molar-refractivity contribution is 8.13. The van der Waals surface area contributed by atoms with Gasteiger partial charge in [-0.3, -0.25) is 4.79 Å². The summed E-state index contributed by atoms with van der Waals surface area (Å²) in [7, 11) is 0. The van der Waals surface area contributed by atoms with Crippen LogP contribution >= 0.6 is 11.8 Å². The average molecular weight is 254 g/mol. The van der Waals surface area contributed by atoms with Crippen molar-refractivity contribution in [3.8, 4) is 0 Å². The summed E-state index contributed by atoms with van der Waals surface area (Å²) in [4.78, 5) is 11.7. The Morgan fingerprint density at radius 1 is 0.944 bits per heavy atom. The van der Waals surface area contributed by atoms with Gasteiger partial charge in [-0.1, -0.05) is 78.5 Å². The number of benzene rings is 2. The Bertz CT molecular complexity index is 517. The zero-order chi connectivity index (χ0) is 12.6. The molecule has 0 fully saturated rings. The first-order chi connectivity index (χ1) is 8.84. The number of thioether (sulfide) groups is 1. The molecular weight excluding hydrogens is 240 g/mol. The molecule has 0 saturated heterocycles. The van der Waals surface area contributed by atoms with Gasteiger partial charge >= 0.3 is 0 Å². The van der Waals surface area contributed by atoms with Crippen LogP contribution in [0.1, 0.15) is 11.1 Å². The summed E-state index contributed by atoms with van der Waals surface area (Å²) in [6, 6.07) is 19.8. The smallest absolute Gasteiger partial charge is 0.212 e. The van der Waals surface area contributed by atoms with E-state index in [1.165, 1.54) is 17.3 Å². The van der Waals surface area contributed by atoms with Crippen LogP contribution in [-0.2, 0) is 10.5 Å². The molecule has 0 unspecified atom stereocenters. The number of rotatable bonds is 4. The van der Waals surface area contributed by atoms with Gasteiger partial charge in [0.1, 0.15) is 0 Å². The quantitative estimate of drug-likeness (QED) is 0.762. The van der Waals surface area contributed by atoms with Gasteiger partial charge in [-0.15, -0.1) is 0 Å². The fourth-order valence-corrected chi connectivity index (χ4v) is 2.17. The second-order valence-corrected chi connectivity index (χ2v) is 4.82. The van der Waals surface area contributed by atoms with Crippen LogP contribution < -0.4 is 0 Å². The maximum absolute atomic E-state index is 11.7. The second-order valence-electron chi connectivity index (χ2n) is 3.84. The summed E-state index contributed by atoms with van der Waals surface area (Å²) < 4.78 is 0. The molecule has 0 atom stereocenters. The minimum atomic E-state index is 0.0858. The molecule has 0 aliphatic rings. The molecule has 0 N–H and O–H groups in total. The third-order valence-electron chi connectivity index (χ3n) is 2.44. The molecule has 2 aromatic carbocycles. The molecule has 2 heteroatoms. The lowest BCUT2D eigenvalue weighted by Crippen LogP contribution is -1.87. The van der Waals surface area contributed by atoms with E-state index >= 15 is 0 Å². The van der Waals surface area contributed by atoms with Crippen LogP contribution in [0.25, 0.3) is 6.08 Å². The van der Waals surface area contributed by atoms with E-state index in [0.717, 1.165) is 11.3 Å². The molecule has 0 aromatic heterocycles. The van der Waals surface area contributed by atoms with Gasteiger partial charge in [0, 0.05) is 5.75 Å². The first-order valence-corrected chi connectivity index (χ1v) is 6.77. The Hall–Kier alpha value is -1.80. The number of hydrogen-bond donors (Lipinski definition) is 0. The molecule has 0 heterocycles. The van der Waals surface area contributed by atoms with Crippen LogP contribution in [0.5, 0.6) is 0 Å². The SMILES string of the molecule is O=C(C=Cc1ccccc1)SCc1ccccc1. The van der Waals surface area contributed by atoms with Crippen molar-refractivity contribution in [2.24, 2.45) is 0 Å². The van der Waals surface area contributed by atoms with Crippen molar-refractivity contribution in [2.45, 2.75) is 5.75 Å². The van der Waals surface area contributed by atoms with Gasteiger partial charge < -0.3 is 0 Å². The summed E-state index contributed by atoms with van der Waals surface area (Å²) in [6.45, 7) is 0. The van der Waals surface area contributed by atoms with Gasteiger partial charge in [0.15, 0.2) is 0 Å². The first kappa shape index (κ1) is 12.7. The molecule has 18 heavy (non-hydrogen) atoms. The average Bonchev–Trinajstić information content (AvgIpc) is 2.45. The molecule has 0 spiro atoms. The highest BCUT2D eigenvalue weighted by atomic mass is 32.2. The molecule has 0 saturated carbocycles. The van der Waals surface area contributed by atoms with E-state index in [0.29, 0.717) is 0 Å². The van der Waals surface area contributed by atoms with Crippen LogP contribution in [-0.4, -0.2) is 5.12 Å². The van der Waals surface area contributed by atoms with Crippen molar-refractivity contribution < 1.29 is 4.79 Å². The largest absolute Gasteiger partial charge is 0.282 e. The van der Waals surface area contributed by atoms with E-state index in [1.807, 2.05) is 66.7 Å². The van der Waals surface area contributed by atoms with Gasteiger partial charge in [0.2, 0.25) is 5.12 Å². The highest BCUT2D eigenvalue weighted by Gasteiger charge is 1.98.